The maximum Gasteiger partial charge on any atom is 0.000733 e. The topological polar surface area (TPSA) is 12.0 Å². The van der Waals surface area contributed by atoms with Crippen molar-refractivity contribution in [2.75, 3.05) is 7.05 Å². The highest BCUT2D eigenvalue weighted by molar-refractivity contribution is 5.85. The Kier molecular flexibility index (Phi) is 21.8. The van der Waals surface area contributed by atoms with Gasteiger partial charge in [0.2, 0.25) is 0 Å². The molecule has 0 aromatic heterocycles. The van der Waals surface area contributed by atoms with Crippen molar-refractivity contribution < 1.29 is 0 Å². The highest BCUT2D eigenvalue weighted by Crippen LogP contribution is 1.66. The zero-order valence-electron chi connectivity index (χ0n) is 4.89. The monoisotopic (exact) mass is 145 g/mol. The van der Waals surface area contributed by atoms with Crippen LogP contribution in [-0.4, -0.2) is 13.1 Å². The Bertz CT molecular complexity index is 23.7. The van der Waals surface area contributed by atoms with Crippen LogP contribution in [0.2, 0.25) is 0 Å². The first-order chi connectivity index (χ1) is 2.27. The lowest BCUT2D eigenvalue weighted by Gasteiger charge is -1.95. The Hall–Kier alpha value is 0.540. The number of hydrogen-bond donors (Lipinski definition) is 1. The number of halogens is 2. The molecule has 0 saturated heterocycles. The molecule has 48 valence electrons. The van der Waals surface area contributed by atoms with Gasteiger partial charge in [-0.15, -0.1) is 24.8 Å². The largest absolute Gasteiger partial charge is 0.318 e. The Morgan fingerprint density at radius 1 is 1.14 bits per heavy atom. The number of rotatable bonds is 1. The van der Waals surface area contributed by atoms with Crippen molar-refractivity contribution in [3.63, 3.8) is 0 Å². The van der Waals surface area contributed by atoms with Crippen LogP contribution >= 0.6 is 24.8 Å². The fourth-order valence-electron chi connectivity index (χ4n) is 0. The van der Waals surface area contributed by atoms with E-state index >= 15 is 0 Å². The zero-order chi connectivity index (χ0) is 4.28. The van der Waals surface area contributed by atoms with E-state index in [1.807, 2.05) is 7.05 Å². The Morgan fingerprint density at radius 2 is 1.29 bits per heavy atom. The summed E-state index contributed by atoms with van der Waals surface area (Å²) in [7, 11) is 1.95. The van der Waals surface area contributed by atoms with Gasteiger partial charge >= 0.3 is 0 Å². The quantitative estimate of drug-likeness (QED) is 0.590. The molecule has 3 heteroatoms. The van der Waals surface area contributed by atoms with Crippen molar-refractivity contribution in [1.29, 1.82) is 0 Å². The van der Waals surface area contributed by atoms with Gasteiger partial charge in [-0.05, 0) is 7.05 Å². The molecule has 0 aromatic carbocycles. The molecule has 0 bridgehead atoms. The average molecular weight is 146 g/mol. The van der Waals surface area contributed by atoms with Crippen LogP contribution in [-0.2, 0) is 0 Å². The second kappa shape index (κ2) is 9.74. The Labute approximate surface area is 57.7 Å². The summed E-state index contributed by atoms with van der Waals surface area (Å²) in [6.45, 7) is 4.22. The molecule has 1 N–H and O–H groups in total. The first kappa shape index (κ1) is 15.6. The predicted octanol–water partition coefficient (Wildman–Crippen LogP) is 1.46. The molecule has 0 rings (SSSR count). The van der Waals surface area contributed by atoms with Crippen molar-refractivity contribution in [1.82, 2.24) is 5.32 Å². The van der Waals surface area contributed by atoms with Gasteiger partial charge in [0.25, 0.3) is 0 Å². The first-order valence-electron chi connectivity index (χ1n) is 1.94. The van der Waals surface area contributed by atoms with Gasteiger partial charge in [-0.3, -0.25) is 0 Å². The second-order valence-corrected chi connectivity index (χ2v) is 1.44. The van der Waals surface area contributed by atoms with Crippen LogP contribution in [0.25, 0.3) is 0 Å². The third-order valence-electron chi connectivity index (χ3n) is 0.577. The summed E-state index contributed by atoms with van der Waals surface area (Å²) in [6.07, 6.45) is 0. The average Bonchev–Trinajstić information content (AvgIpc) is 1.38. The molecule has 0 aromatic rings. The lowest BCUT2D eigenvalue weighted by atomic mass is 10.4. The molecule has 0 unspecified atom stereocenters. The van der Waals surface area contributed by atoms with Crippen LogP contribution in [0.1, 0.15) is 13.8 Å². The normalized spacial score (nSPS) is 6.86. The molecule has 0 aliphatic rings. The Balaban J connectivity index is -0.0000000800. The van der Waals surface area contributed by atoms with Crippen molar-refractivity contribution in [2.45, 2.75) is 19.9 Å². The molecule has 0 radical (unpaired) electrons. The van der Waals surface area contributed by atoms with Crippen molar-refractivity contribution in [3.05, 3.63) is 0 Å². The SMILES string of the molecule is CNC(C)C.Cl.Cl. The molecule has 0 amide bonds. The molecule has 0 saturated carbocycles. The summed E-state index contributed by atoms with van der Waals surface area (Å²) >= 11 is 0. The molecular formula is C4H13Cl2N. The maximum absolute atomic E-state index is 3.03. The van der Waals surface area contributed by atoms with Gasteiger partial charge in [0, 0.05) is 6.04 Å². The van der Waals surface area contributed by atoms with Gasteiger partial charge in [-0.25, -0.2) is 0 Å². The standard InChI is InChI=1S/C4H11N.2ClH/c1-4(2)5-3;;/h4-5H,1-3H3;2*1H. The van der Waals surface area contributed by atoms with E-state index < -0.39 is 0 Å². The van der Waals surface area contributed by atoms with Gasteiger partial charge in [0.1, 0.15) is 0 Å². The summed E-state index contributed by atoms with van der Waals surface area (Å²) in [5.74, 6) is 0. The molecule has 0 spiro atoms. The molecule has 0 atom stereocenters. The van der Waals surface area contributed by atoms with Crippen LogP contribution in [0.3, 0.4) is 0 Å². The second-order valence-electron chi connectivity index (χ2n) is 1.44. The van der Waals surface area contributed by atoms with E-state index in [-0.39, 0.29) is 24.8 Å². The summed E-state index contributed by atoms with van der Waals surface area (Å²) in [5.41, 5.74) is 0. The first-order valence-corrected chi connectivity index (χ1v) is 1.94. The highest BCUT2D eigenvalue weighted by Gasteiger charge is 1.76. The third kappa shape index (κ3) is 20.9. The van der Waals surface area contributed by atoms with Crippen molar-refractivity contribution in [2.24, 2.45) is 0 Å². The van der Waals surface area contributed by atoms with Gasteiger partial charge in [-0.1, -0.05) is 13.8 Å². The van der Waals surface area contributed by atoms with Crippen LogP contribution in [0, 0.1) is 0 Å². The fourth-order valence-corrected chi connectivity index (χ4v) is 0. The van der Waals surface area contributed by atoms with E-state index in [0.717, 1.165) is 0 Å². The molecule has 0 heterocycles. The van der Waals surface area contributed by atoms with Crippen LogP contribution in [0.15, 0.2) is 0 Å². The van der Waals surface area contributed by atoms with Crippen LogP contribution in [0.4, 0.5) is 0 Å². The summed E-state index contributed by atoms with van der Waals surface area (Å²) in [4.78, 5) is 0. The summed E-state index contributed by atoms with van der Waals surface area (Å²) < 4.78 is 0. The van der Waals surface area contributed by atoms with Crippen molar-refractivity contribution in [3.8, 4) is 0 Å². The minimum atomic E-state index is 0. The smallest absolute Gasteiger partial charge is 0.000733 e. The molecule has 0 aliphatic carbocycles. The minimum Gasteiger partial charge on any atom is -0.318 e. The van der Waals surface area contributed by atoms with Gasteiger partial charge < -0.3 is 5.32 Å². The summed E-state index contributed by atoms with van der Waals surface area (Å²) in [6, 6.07) is 0.634. The minimum absolute atomic E-state index is 0. The zero-order valence-corrected chi connectivity index (χ0v) is 6.53. The van der Waals surface area contributed by atoms with E-state index in [0.29, 0.717) is 6.04 Å². The molecule has 7 heavy (non-hydrogen) atoms. The van der Waals surface area contributed by atoms with E-state index in [9.17, 15) is 0 Å². The molecule has 0 fully saturated rings. The van der Waals surface area contributed by atoms with E-state index in [4.69, 9.17) is 0 Å². The van der Waals surface area contributed by atoms with Gasteiger partial charge in [0.15, 0.2) is 0 Å². The van der Waals surface area contributed by atoms with Gasteiger partial charge in [-0.2, -0.15) is 0 Å². The van der Waals surface area contributed by atoms with E-state index in [1.54, 1.807) is 0 Å². The predicted molar refractivity (Wildman–Crippen MR) is 38.7 cm³/mol. The fraction of sp³-hybridized carbons (Fsp3) is 1.00. The lowest BCUT2D eigenvalue weighted by Crippen LogP contribution is -2.15. The molecule has 1 nitrogen and oxygen atoms in total. The van der Waals surface area contributed by atoms with Crippen molar-refractivity contribution >= 4 is 24.8 Å². The number of hydrogen-bond acceptors (Lipinski definition) is 1. The number of nitrogens with one attached hydrogen (secondary N) is 1. The highest BCUT2D eigenvalue weighted by atomic mass is 35.5. The maximum atomic E-state index is 3.03. The molecular weight excluding hydrogens is 133 g/mol. The van der Waals surface area contributed by atoms with Crippen LogP contribution in [0.5, 0.6) is 0 Å². The van der Waals surface area contributed by atoms with E-state index in [2.05, 4.69) is 19.2 Å². The van der Waals surface area contributed by atoms with Crippen LogP contribution < -0.4 is 5.32 Å². The third-order valence-corrected chi connectivity index (χ3v) is 0.577. The van der Waals surface area contributed by atoms with E-state index in [1.165, 1.54) is 0 Å². The van der Waals surface area contributed by atoms with Gasteiger partial charge in [0.05, 0.1) is 0 Å². The summed E-state index contributed by atoms with van der Waals surface area (Å²) in [5, 5.41) is 3.03. The Morgan fingerprint density at radius 3 is 1.29 bits per heavy atom. The lowest BCUT2D eigenvalue weighted by molar-refractivity contribution is 0.668. The molecule has 0 aliphatic heterocycles.